The van der Waals surface area contributed by atoms with Crippen LogP contribution in [0.4, 0.5) is 22.0 Å². The molecule has 2 aromatic rings. The zero-order valence-electron chi connectivity index (χ0n) is 9.79. The molecule has 0 saturated carbocycles. The van der Waals surface area contributed by atoms with Gasteiger partial charge in [0.15, 0.2) is 0 Å². The molecule has 0 nitrogen and oxygen atoms in total. The van der Waals surface area contributed by atoms with E-state index in [1.807, 2.05) is 0 Å². The summed E-state index contributed by atoms with van der Waals surface area (Å²) in [6.07, 6.45) is -4.31. The molecule has 0 aromatic heterocycles. The van der Waals surface area contributed by atoms with Gasteiger partial charge in [0, 0.05) is 0 Å². The standard InChI is InChI=1S/C13H9F3.CH2F2/c14-13(15,16)12-9-5-4-8-11(12)10-6-2-1-3-7-10;2-1-3/h1-9H;1H2. The van der Waals surface area contributed by atoms with Gasteiger partial charge < -0.3 is 0 Å². The van der Waals surface area contributed by atoms with E-state index in [-0.39, 0.29) is 5.56 Å². The first kappa shape index (κ1) is 15.1. The Morgan fingerprint density at radius 1 is 0.737 bits per heavy atom. The summed E-state index contributed by atoms with van der Waals surface area (Å²) in [7, 11) is 0. The van der Waals surface area contributed by atoms with Crippen LogP contribution in [-0.2, 0) is 6.18 Å². The molecule has 0 heterocycles. The summed E-state index contributed by atoms with van der Waals surface area (Å²) in [5, 5.41) is 0. The molecule has 102 valence electrons. The number of alkyl halides is 5. The molecule has 0 N–H and O–H groups in total. The molecule has 0 aliphatic carbocycles. The molecule has 19 heavy (non-hydrogen) atoms. The van der Waals surface area contributed by atoms with Crippen molar-refractivity contribution in [3.05, 3.63) is 60.2 Å². The summed E-state index contributed by atoms with van der Waals surface area (Å²) in [6.45, 7) is -1.75. The lowest BCUT2D eigenvalue weighted by atomic mass is 9.99. The van der Waals surface area contributed by atoms with Crippen LogP contribution >= 0.6 is 0 Å². The second-order valence-corrected chi connectivity index (χ2v) is 3.51. The zero-order valence-corrected chi connectivity index (χ0v) is 9.79. The molecule has 0 atom stereocenters. The maximum atomic E-state index is 12.7. The molecule has 0 radical (unpaired) electrons. The predicted molar refractivity (Wildman–Crippen MR) is 64.0 cm³/mol. The Morgan fingerprint density at radius 3 is 1.74 bits per heavy atom. The first-order valence-corrected chi connectivity index (χ1v) is 5.34. The van der Waals surface area contributed by atoms with Crippen molar-refractivity contribution in [2.45, 2.75) is 6.18 Å². The predicted octanol–water partition coefficient (Wildman–Crippen LogP) is 5.26. The van der Waals surface area contributed by atoms with Crippen LogP contribution in [0, 0.1) is 0 Å². The minimum absolute atomic E-state index is 0.218. The molecule has 0 aliphatic rings. The van der Waals surface area contributed by atoms with Gasteiger partial charge in [0.05, 0.1) is 5.56 Å². The second kappa shape index (κ2) is 6.87. The highest BCUT2D eigenvalue weighted by molar-refractivity contribution is 5.67. The van der Waals surface area contributed by atoms with E-state index in [0.717, 1.165) is 6.07 Å². The van der Waals surface area contributed by atoms with Crippen LogP contribution in [0.5, 0.6) is 0 Å². The highest BCUT2D eigenvalue weighted by atomic mass is 19.4. The molecule has 0 bridgehead atoms. The van der Waals surface area contributed by atoms with Gasteiger partial charge in [-0.2, -0.15) is 13.2 Å². The van der Waals surface area contributed by atoms with Crippen LogP contribution in [0.1, 0.15) is 5.56 Å². The monoisotopic (exact) mass is 274 g/mol. The van der Waals surface area contributed by atoms with E-state index >= 15 is 0 Å². The van der Waals surface area contributed by atoms with Crippen molar-refractivity contribution >= 4 is 0 Å². The normalized spacial score (nSPS) is 10.6. The fourth-order valence-electron chi connectivity index (χ4n) is 1.60. The molecule has 2 aromatic carbocycles. The van der Waals surface area contributed by atoms with Crippen molar-refractivity contribution in [1.29, 1.82) is 0 Å². The van der Waals surface area contributed by atoms with Crippen molar-refractivity contribution in [2.24, 2.45) is 0 Å². The minimum Gasteiger partial charge on any atom is -0.214 e. The maximum Gasteiger partial charge on any atom is 0.417 e. The molecule has 0 aliphatic heterocycles. The average Bonchev–Trinajstić information content (AvgIpc) is 2.40. The molecule has 0 saturated heterocycles. The van der Waals surface area contributed by atoms with Crippen LogP contribution in [-0.4, -0.2) is 6.93 Å². The van der Waals surface area contributed by atoms with E-state index in [0.29, 0.717) is 5.56 Å². The third-order valence-corrected chi connectivity index (χ3v) is 2.32. The van der Waals surface area contributed by atoms with Crippen LogP contribution in [0.25, 0.3) is 11.1 Å². The lowest BCUT2D eigenvalue weighted by Gasteiger charge is -2.12. The van der Waals surface area contributed by atoms with Gasteiger partial charge in [-0.15, -0.1) is 0 Å². The van der Waals surface area contributed by atoms with Crippen LogP contribution < -0.4 is 0 Å². The molecule has 0 spiro atoms. The van der Waals surface area contributed by atoms with Gasteiger partial charge in [-0.1, -0.05) is 48.5 Å². The highest BCUT2D eigenvalue weighted by Crippen LogP contribution is 2.36. The summed E-state index contributed by atoms with van der Waals surface area (Å²) in [5.41, 5.74) is 0.201. The second-order valence-electron chi connectivity index (χ2n) is 3.51. The van der Waals surface area contributed by atoms with Crippen LogP contribution in [0.2, 0.25) is 0 Å². The van der Waals surface area contributed by atoms with Gasteiger partial charge in [-0.25, -0.2) is 8.78 Å². The van der Waals surface area contributed by atoms with Crippen molar-refractivity contribution < 1.29 is 22.0 Å². The smallest absolute Gasteiger partial charge is 0.214 e. The number of rotatable bonds is 1. The van der Waals surface area contributed by atoms with Crippen molar-refractivity contribution in [1.82, 2.24) is 0 Å². The van der Waals surface area contributed by atoms with Gasteiger partial charge in [-0.05, 0) is 17.2 Å². The number of hydrogen-bond donors (Lipinski definition) is 0. The average molecular weight is 274 g/mol. The van der Waals surface area contributed by atoms with E-state index in [1.54, 1.807) is 36.4 Å². The third-order valence-electron chi connectivity index (χ3n) is 2.32. The van der Waals surface area contributed by atoms with Gasteiger partial charge >= 0.3 is 6.18 Å². The number of hydrogen-bond acceptors (Lipinski definition) is 0. The topological polar surface area (TPSA) is 0 Å². The van der Waals surface area contributed by atoms with Crippen molar-refractivity contribution in [2.75, 3.05) is 6.93 Å². The lowest BCUT2D eigenvalue weighted by Crippen LogP contribution is -2.06. The molecular formula is C14H11F5. The Labute approximate surface area is 107 Å². The third kappa shape index (κ3) is 4.35. The number of benzene rings is 2. The summed E-state index contributed by atoms with van der Waals surface area (Å²) < 4.78 is 57.5. The summed E-state index contributed by atoms with van der Waals surface area (Å²) >= 11 is 0. The van der Waals surface area contributed by atoms with Gasteiger partial charge in [0.25, 0.3) is 0 Å². The Balaban J connectivity index is 0.000000550. The SMILES string of the molecule is FC(F)(F)c1ccccc1-c1ccccc1.FCF. The van der Waals surface area contributed by atoms with E-state index in [1.165, 1.54) is 12.1 Å². The van der Waals surface area contributed by atoms with Crippen LogP contribution in [0.3, 0.4) is 0 Å². The molecule has 0 unspecified atom stereocenters. The quantitative estimate of drug-likeness (QED) is 0.622. The highest BCUT2D eigenvalue weighted by Gasteiger charge is 2.33. The first-order chi connectivity index (χ1) is 9.00. The maximum absolute atomic E-state index is 12.7. The minimum atomic E-state index is -4.31. The fraction of sp³-hybridized carbons (Fsp3) is 0.143. The summed E-state index contributed by atoms with van der Waals surface area (Å²) in [6, 6.07) is 14.2. The van der Waals surface area contributed by atoms with E-state index in [4.69, 9.17) is 0 Å². The van der Waals surface area contributed by atoms with Gasteiger partial charge in [0.2, 0.25) is 6.93 Å². The van der Waals surface area contributed by atoms with Gasteiger partial charge in [-0.3, -0.25) is 0 Å². The first-order valence-electron chi connectivity index (χ1n) is 5.34. The molecule has 0 amide bonds. The molecule has 0 fully saturated rings. The van der Waals surface area contributed by atoms with Crippen molar-refractivity contribution in [3.8, 4) is 11.1 Å². The Kier molecular flexibility index (Phi) is 5.48. The Hall–Kier alpha value is -1.91. The fourth-order valence-corrected chi connectivity index (χ4v) is 1.60. The summed E-state index contributed by atoms with van der Waals surface area (Å²) in [4.78, 5) is 0. The van der Waals surface area contributed by atoms with Crippen LogP contribution in [0.15, 0.2) is 54.6 Å². The van der Waals surface area contributed by atoms with E-state index in [9.17, 15) is 22.0 Å². The Morgan fingerprint density at radius 2 is 1.21 bits per heavy atom. The largest absolute Gasteiger partial charge is 0.417 e. The molecular weight excluding hydrogens is 263 g/mol. The molecule has 5 heteroatoms. The Bertz CT molecular complexity index is 491. The van der Waals surface area contributed by atoms with Gasteiger partial charge in [0.1, 0.15) is 0 Å². The van der Waals surface area contributed by atoms with E-state index in [2.05, 4.69) is 0 Å². The van der Waals surface area contributed by atoms with E-state index < -0.39 is 18.7 Å². The van der Waals surface area contributed by atoms with Crippen molar-refractivity contribution in [3.63, 3.8) is 0 Å². The summed E-state index contributed by atoms with van der Waals surface area (Å²) in [5.74, 6) is 0. The lowest BCUT2D eigenvalue weighted by molar-refractivity contribution is -0.137. The zero-order chi connectivity index (χ0) is 14.3. The molecule has 2 rings (SSSR count). The number of halogens is 5.